The van der Waals surface area contributed by atoms with Crippen molar-refractivity contribution in [2.75, 3.05) is 11.1 Å². The highest BCUT2D eigenvalue weighted by Crippen LogP contribution is 2.28. The number of aromatic hydroxyl groups is 1. The van der Waals surface area contributed by atoms with Gasteiger partial charge in [0.05, 0.1) is 11.4 Å². The number of fused-ring (bicyclic) bond motifs is 1. The van der Waals surface area contributed by atoms with Crippen LogP contribution in [0.2, 0.25) is 5.02 Å². The molecular formula is C20H14ClN3O3S. The number of thioether (sulfide) groups is 1. The van der Waals surface area contributed by atoms with E-state index in [0.717, 1.165) is 28.1 Å². The van der Waals surface area contributed by atoms with Gasteiger partial charge >= 0.3 is 0 Å². The Hall–Kier alpha value is -3.03. The zero-order chi connectivity index (χ0) is 19.5. The number of hydrogen-bond acceptors (Lipinski definition) is 6. The maximum atomic E-state index is 12.1. The summed E-state index contributed by atoms with van der Waals surface area (Å²) in [5.41, 5.74) is 1.06. The molecule has 0 radical (unpaired) electrons. The quantitative estimate of drug-likeness (QED) is 0.355. The molecule has 2 N–H and O–H groups in total. The molecule has 4 aromatic rings. The minimum Gasteiger partial charge on any atom is -0.506 e. The first kappa shape index (κ1) is 18.3. The Labute approximate surface area is 169 Å². The Balaban J connectivity index is 1.41. The molecule has 140 valence electrons. The molecule has 0 spiro atoms. The van der Waals surface area contributed by atoms with Crippen molar-refractivity contribution in [1.82, 2.24) is 10.2 Å². The van der Waals surface area contributed by atoms with Crippen LogP contribution in [0.1, 0.15) is 0 Å². The first-order chi connectivity index (χ1) is 13.6. The van der Waals surface area contributed by atoms with E-state index in [1.165, 1.54) is 18.2 Å². The lowest BCUT2D eigenvalue weighted by Gasteiger charge is -2.06. The predicted molar refractivity (Wildman–Crippen MR) is 110 cm³/mol. The summed E-state index contributed by atoms with van der Waals surface area (Å²) in [6.45, 7) is 0. The maximum Gasteiger partial charge on any atom is 0.277 e. The van der Waals surface area contributed by atoms with Crippen LogP contribution in [-0.2, 0) is 4.79 Å². The fourth-order valence-electron chi connectivity index (χ4n) is 2.63. The van der Waals surface area contributed by atoms with E-state index in [2.05, 4.69) is 15.5 Å². The molecule has 0 saturated heterocycles. The molecule has 6 nitrogen and oxygen atoms in total. The molecule has 28 heavy (non-hydrogen) atoms. The molecule has 0 aliphatic heterocycles. The summed E-state index contributed by atoms with van der Waals surface area (Å²) in [5, 5.41) is 23.3. The summed E-state index contributed by atoms with van der Waals surface area (Å²) >= 11 is 6.98. The Morgan fingerprint density at radius 2 is 1.89 bits per heavy atom. The van der Waals surface area contributed by atoms with Crippen molar-refractivity contribution in [1.29, 1.82) is 0 Å². The molecule has 0 aliphatic carbocycles. The van der Waals surface area contributed by atoms with Gasteiger partial charge in [-0.05, 0) is 41.1 Å². The van der Waals surface area contributed by atoms with Crippen LogP contribution in [0.3, 0.4) is 0 Å². The maximum absolute atomic E-state index is 12.1. The van der Waals surface area contributed by atoms with Crippen LogP contribution in [0.5, 0.6) is 5.75 Å². The summed E-state index contributed by atoms with van der Waals surface area (Å²) < 4.78 is 5.65. The summed E-state index contributed by atoms with van der Waals surface area (Å²) in [4.78, 5) is 12.1. The lowest BCUT2D eigenvalue weighted by atomic mass is 10.1. The fraction of sp³-hybridized carbons (Fsp3) is 0.0500. The number of hydrogen-bond donors (Lipinski definition) is 2. The standard InChI is InChI=1S/C20H14ClN3O3S/c21-15-7-8-17(25)16(10-15)22-18(26)11-28-20-24-23-19(27-20)14-6-5-12-3-1-2-4-13(12)9-14/h1-10,25H,11H2,(H,22,26). The first-order valence-electron chi connectivity index (χ1n) is 8.32. The monoisotopic (exact) mass is 411 g/mol. The number of aromatic nitrogens is 2. The van der Waals surface area contributed by atoms with Crippen LogP contribution in [0.4, 0.5) is 5.69 Å². The van der Waals surface area contributed by atoms with Crippen molar-refractivity contribution in [3.8, 4) is 17.2 Å². The highest BCUT2D eigenvalue weighted by molar-refractivity contribution is 7.99. The van der Waals surface area contributed by atoms with Crippen molar-refractivity contribution in [3.63, 3.8) is 0 Å². The van der Waals surface area contributed by atoms with Gasteiger partial charge < -0.3 is 14.8 Å². The molecular weight excluding hydrogens is 398 g/mol. The minimum atomic E-state index is -0.326. The Morgan fingerprint density at radius 3 is 2.75 bits per heavy atom. The van der Waals surface area contributed by atoms with Crippen molar-refractivity contribution in [3.05, 3.63) is 65.7 Å². The SMILES string of the molecule is O=C(CSc1nnc(-c2ccc3ccccc3c2)o1)Nc1cc(Cl)ccc1O. The smallest absolute Gasteiger partial charge is 0.277 e. The Morgan fingerprint density at radius 1 is 1.07 bits per heavy atom. The highest BCUT2D eigenvalue weighted by atomic mass is 35.5. The topological polar surface area (TPSA) is 88.2 Å². The second-order valence-electron chi connectivity index (χ2n) is 5.93. The molecule has 8 heteroatoms. The van der Waals surface area contributed by atoms with Crippen LogP contribution in [-0.4, -0.2) is 27.0 Å². The fourth-order valence-corrected chi connectivity index (χ4v) is 3.36. The summed E-state index contributed by atoms with van der Waals surface area (Å²) in [6, 6.07) is 18.3. The lowest BCUT2D eigenvalue weighted by Crippen LogP contribution is -2.14. The van der Waals surface area contributed by atoms with Crippen LogP contribution in [0, 0.1) is 0 Å². The number of nitrogens with one attached hydrogen (secondary N) is 1. The second kappa shape index (κ2) is 7.92. The number of nitrogens with zero attached hydrogens (tertiary/aromatic N) is 2. The molecule has 1 aromatic heterocycles. The Kier molecular flexibility index (Phi) is 5.18. The number of carbonyl (C=O) groups excluding carboxylic acids is 1. The van der Waals surface area contributed by atoms with Crippen molar-refractivity contribution >= 4 is 45.7 Å². The van der Waals surface area contributed by atoms with E-state index in [1.807, 2.05) is 42.5 Å². The van der Waals surface area contributed by atoms with Gasteiger partial charge in [-0.3, -0.25) is 4.79 Å². The van der Waals surface area contributed by atoms with Gasteiger partial charge in [0.25, 0.3) is 5.22 Å². The average Bonchev–Trinajstić information content (AvgIpc) is 3.18. The molecule has 1 heterocycles. The average molecular weight is 412 g/mol. The van der Waals surface area contributed by atoms with Gasteiger partial charge in [-0.2, -0.15) is 0 Å². The number of halogens is 1. The number of amides is 1. The number of carbonyl (C=O) groups is 1. The molecule has 0 unspecified atom stereocenters. The van der Waals surface area contributed by atoms with Gasteiger partial charge in [-0.1, -0.05) is 53.7 Å². The number of benzene rings is 3. The van der Waals surface area contributed by atoms with Crippen LogP contribution in [0.15, 0.2) is 70.3 Å². The predicted octanol–water partition coefficient (Wildman–Crippen LogP) is 4.98. The largest absolute Gasteiger partial charge is 0.506 e. The molecule has 3 aromatic carbocycles. The summed E-state index contributed by atoms with van der Waals surface area (Å²) in [7, 11) is 0. The van der Waals surface area contributed by atoms with Crippen molar-refractivity contribution in [2.45, 2.75) is 5.22 Å². The van der Waals surface area contributed by atoms with E-state index in [1.54, 1.807) is 0 Å². The number of phenols is 1. The van der Waals surface area contributed by atoms with E-state index in [0.29, 0.717) is 10.9 Å². The Bertz CT molecular complexity index is 1160. The van der Waals surface area contributed by atoms with E-state index in [9.17, 15) is 9.90 Å². The summed E-state index contributed by atoms with van der Waals surface area (Å²) in [5.74, 6) is 0.0546. The van der Waals surface area contributed by atoms with Gasteiger partial charge in [-0.25, -0.2) is 0 Å². The van der Waals surface area contributed by atoms with Gasteiger partial charge in [0.2, 0.25) is 11.8 Å². The molecule has 0 fully saturated rings. The third-order valence-electron chi connectivity index (χ3n) is 3.96. The molecule has 4 rings (SSSR count). The normalized spacial score (nSPS) is 10.9. The number of anilines is 1. The van der Waals surface area contributed by atoms with E-state index >= 15 is 0 Å². The molecule has 0 aliphatic rings. The zero-order valence-corrected chi connectivity index (χ0v) is 16.0. The summed E-state index contributed by atoms with van der Waals surface area (Å²) in [6.07, 6.45) is 0. The van der Waals surface area contributed by atoms with Gasteiger partial charge in [0, 0.05) is 10.6 Å². The highest BCUT2D eigenvalue weighted by Gasteiger charge is 2.13. The van der Waals surface area contributed by atoms with Crippen LogP contribution < -0.4 is 5.32 Å². The zero-order valence-electron chi connectivity index (χ0n) is 14.4. The van der Waals surface area contributed by atoms with E-state index in [-0.39, 0.29) is 28.3 Å². The van der Waals surface area contributed by atoms with E-state index in [4.69, 9.17) is 16.0 Å². The lowest BCUT2D eigenvalue weighted by molar-refractivity contribution is -0.113. The van der Waals surface area contributed by atoms with Gasteiger partial charge in [-0.15, -0.1) is 10.2 Å². The molecule has 1 amide bonds. The number of phenolic OH excluding ortho intramolecular Hbond substituents is 1. The molecule has 0 saturated carbocycles. The van der Waals surface area contributed by atoms with Crippen molar-refractivity contribution in [2.24, 2.45) is 0 Å². The van der Waals surface area contributed by atoms with Crippen molar-refractivity contribution < 1.29 is 14.3 Å². The molecule has 0 atom stereocenters. The van der Waals surface area contributed by atoms with E-state index < -0.39 is 0 Å². The number of rotatable bonds is 5. The minimum absolute atomic E-state index is 0.0469. The van der Waals surface area contributed by atoms with Gasteiger partial charge in [0.15, 0.2) is 0 Å². The first-order valence-corrected chi connectivity index (χ1v) is 9.69. The van der Waals surface area contributed by atoms with Crippen LogP contribution >= 0.6 is 23.4 Å². The third-order valence-corrected chi connectivity index (χ3v) is 5.02. The third kappa shape index (κ3) is 4.11. The van der Waals surface area contributed by atoms with Gasteiger partial charge in [0.1, 0.15) is 5.75 Å². The van der Waals surface area contributed by atoms with Crippen LogP contribution in [0.25, 0.3) is 22.2 Å². The molecule has 0 bridgehead atoms. The second-order valence-corrected chi connectivity index (χ2v) is 7.30.